The van der Waals surface area contributed by atoms with Gasteiger partial charge in [-0.25, -0.2) is 4.79 Å². The van der Waals surface area contributed by atoms with Crippen LogP contribution in [0.15, 0.2) is 36.4 Å². The van der Waals surface area contributed by atoms with E-state index in [0.29, 0.717) is 17.2 Å². The van der Waals surface area contributed by atoms with Gasteiger partial charge in [-0.1, -0.05) is 17.7 Å². The largest absolute Gasteiger partial charge is 0.496 e. The van der Waals surface area contributed by atoms with Gasteiger partial charge in [0.05, 0.1) is 19.2 Å². The van der Waals surface area contributed by atoms with Crippen molar-refractivity contribution in [3.8, 4) is 23.0 Å². The van der Waals surface area contributed by atoms with Crippen molar-refractivity contribution in [1.29, 1.82) is 0 Å². The molecule has 2 aromatic rings. The molecule has 2 aromatic carbocycles. The minimum absolute atomic E-state index is 0.0963. The molecule has 0 aliphatic rings. The maximum atomic E-state index is 11.3. The molecule has 0 atom stereocenters. The Morgan fingerprint density at radius 3 is 2.14 bits per heavy atom. The van der Waals surface area contributed by atoms with Gasteiger partial charge in [-0.3, -0.25) is 0 Å². The Morgan fingerprint density at radius 2 is 1.62 bits per heavy atom. The Morgan fingerprint density at radius 1 is 1.05 bits per heavy atom. The first kappa shape index (κ1) is 15.0. The minimum Gasteiger partial charge on any atom is -0.496 e. The van der Waals surface area contributed by atoms with Gasteiger partial charge in [0.1, 0.15) is 28.6 Å². The second-order valence-corrected chi connectivity index (χ2v) is 4.48. The Bertz CT molecular complexity index is 647. The van der Waals surface area contributed by atoms with Crippen LogP contribution in [0.3, 0.4) is 0 Å². The summed E-state index contributed by atoms with van der Waals surface area (Å²) in [5.74, 6) is 0.429. The highest BCUT2D eigenvalue weighted by molar-refractivity contribution is 6.33. The number of carboxylic acids is 1. The molecule has 110 valence electrons. The van der Waals surface area contributed by atoms with Crippen molar-refractivity contribution < 1.29 is 24.1 Å². The molecule has 0 aliphatic carbocycles. The number of benzene rings is 2. The molecule has 1 N–H and O–H groups in total. The first-order chi connectivity index (χ1) is 10.0. The zero-order valence-corrected chi connectivity index (χ0v) is 12.2. The van der Waals surface area contributed by atoms with Crippen LogP contribution in [0.25, 0.3) is 0 Å². The van der Waals surface area contributed by atoms with Gasteiger partial charge >= 0.3 is 5.97 Å². The molecule has 6 heteroatoms. The lowest BCUT2D eigenvalue weighted by Gasteiger charge is -2.12. The Balaban J connectivity index is 2.43. The molecule has 0 unspecified atom stereocenters. The molecule has 0 saturated carbocycles. The number of halogens is 1. The van der Waals surface area contributed by atoms with Crippen molar-refractivity contribution in [3.63, 3.8) is 0 Å². The third-order valence-electron chi connectivity index (χ3n) is 2.74. The summed E-state index contributed by atoms with van der Waals surface area (Å²) in [5.41, 5.74) is -0.0963. The zero-order valence-electron chi connectivity index (χ0n) is 11.4. The molecule has 0 saturated heterocycles. The van der Waals surface area contributed by atoms with Gasteiger partial charge in [-0.2, -0.15) is 0 Å². The standard InChI is InChI=1S/C15H13ClO5/c1-19-9-6-10(20-2)8-11(7-9)21-13-5-3-4-12(16)14(13)15(17)18/h3-8H,1-2H3,(H,17,18). The van der Waals surface area contributed by atoms with Crippen molar-refractivity contribution in [2.75, 3.05) is 14.2 Å². The molecule has 0 bridgehead atoms. The molecule has 0 fully saturated rings. The highest BCUT2D eigenvalue weighted by atomic mass is 35.5. The number of aromatic carboxylic acids is 1. The molecule has 0 heterocycles. The van der Waals surface area contributed by atoms with Gasteiger partial charge in [0.25, 0.3) is 0 Å². The van der Waals surface area contributed by atoms with E-state index in [1.165, 1.54) is 26.4 Å². The Labute approximate surface area is 126 Å². The lowest BCUT2D eigenvalue weighted by atomic mass is 10.2. The maximum absolute atomic E-state index is 11.3. The fourth-order valence-electron chi connectivity index (χ4n) is 1.76. The van der Waals surface area contributed by atoms with Crippen molar-refractivity contribution in [2.24, 2.45) is 0 Å². The molecule has 0 amide bonds. The van der Waals surface area contributed by atoms with E-state index in [0.717, 1.165) is 0 Å². The van der Waals surface area contributed by atoms with Crippen LogP contribution in [0.4, 0.5) is 0 Å². The van der Waals surface area contributed by atoms with Crippen LogP contribution >= 0.6 is 11.6 Å². The normalized spacial score (nSPS) is 10.0. The molecule has 0 spiro atoms. The van der Waals surface area contributed by atoms with Crippen LogP contribution in [-0.2, 0) is 0 Å². The summed E-state index contributed by atoms with van der Waals surface area (Å²) in [7, 11) is 3.03. The van der Waals surface area contributed by atoms with Crippen LogP contribution < -0.4 is 14.2 Å². The highest BCUT2D eigenvalue weighted by Gasteiger charge is 2.16. The molecular formula is C15H13ClO5. The van der Waals surface area contributed by atoms with Crippen LogP contribution in [0, 0.1) is 0 Å². The fraction of sp³-hybridized carbons (Fsp3) is 0.133. The smallest absolute Gasteiger partial charge is 0.341 e. The summed E-state index contributed by atoms with van der Waals surface area (Å²) in [6.45, 7) is 0. The van der Waals surface area contributed by atoms with Gasteiger partial charge in [-0.15, -0.1) is 0 Å². The van der Waals surface area contributed by atoms with E-state index >= 15 is 0 Å². The average Bonchev–Trinajstić information content (AvgIpc) is 2.46. The summed E-state index contributed by atoms with van der Waals surface area (Å²) in [6.07, 6.45) is 0. The molecule has 5 nitrogen and oxygen atoms in total. The first-order valence-electron chi connectivity index (χ1n) is 5.98. The van der Waals surface area contributed by atoms with Crippen molar-refractivity contribution in [1.82, 2.24) is 0 Å². The number of hydrogen-bond donors (Lipinski definition) is 1. The van der Waals surface area contributed by atoms with E-state index in [2.05, 4.69) is 0 Å². The van der Waals surface area contributed by atoms with E-state index in [1.54, 1.807) is 24.3 Å². The number of ether oxygens (including phenoxy) is 3. The lowest BCUT2D eigenvalue weighted by Crippen LogP contribution is -2.01. The van der Waals surface area contributed by atoms with Crippen molar-refractivity contribution >= 4 is 17.6 Å². The molecular weight excluding hydrogens is 296 g/mol. The molecule has 21 heavy (non-hydrogen) atoms. The molecule has 2 rings (SSSR count). The summed E-state index contributed by atoms with van der Waals surface area (Å²) in [5, 5.41) is 9.32. The summed E-state index contributed by atoms with van der Waals surface area (Å²) >= 11 is 5.90. The average molecular weight is 309 g/mol. The predicted octanol–water partition coefficient (Wildman–Crippen LogP) is 3.85. The van der Waals surface area contributed by atoms with Crippen molar-refractivity contribution in [2.45, 2.75) is 0 Å². The van der Waals surface area contributed by atoms with Crippen LogP contribution in [0.1, 0.15) is 10.4 Å². The predicted molar refractivity (Wildman–Crippen MR) is 78.0 cm³/mol. The SMILES string of the molecule is COc1cc(OC)cc(Oc2cccc(Cl)c2C(=O)O)c1. The second kappa shape index (κ2) is 6.37. The highest BCUT2D eigenvalue weighted by Crippen LogP contribution is 2.34. The van der Waals surface area contributed by atoms with E-state index < -0.39 is 5.97 Å². The number of rotatable bonds is 5. The quantitative estimate of drug-likeness (QED) is 0.909. The maximum Gasteiger partial charge on any atom is 0.341 e. The van der Waals surface area contributed by atoms with Crippen LogP contribution in [0.2, 0.25) is 5.02 Å². The summed E-state index contributed by atoms with van der Waals surface area (Å²) in [6, 6.07) is 9.56. The van der Waals surface area contributed by atoms with Crippen LogP contribution in [-0.4, -0.2) is 25.3 Å². The Hall–Kier alpha value is -2.40. The molecule has 0 aliphatic heterocycles. The zero-order chi connectivity index (χ0) is 15.4. The second-order valence-electron chi connectivity index (χ2n) is 4.07. The monoisotopic (exact) mass is 308 g/mol. The number of methoxy groups -OCH3 is 2. The number of carbonyl (C=O) groups is 1. The number of hydrogen-bond acceptors (Lipinski definition) is 4. The van der Waals surface area contributed by atoms with E-state index in [9.17, 15) is 9.90 Å². The molecule has 0 radical (unpaired) electrons. The van der Waals surface area contributed by atoms with E-state index in [-0.39, 0.29) is 16.3 Å². The first-order valence-corrected chi connectivity index (χ1v) is 6.35. The third-order valence-corrected chi connectivity index (χ3v) is 3.06. The van der Waals surface area contributed by atoms with Crippen molar-refractivity contribution in [3.05, 3.63) is 47.0 Å². The van der Waals surface area contributed by atoms with Gasteiger partial charge in [-0.05, 0) is 12.1 Å². The fourth-order valence-corrected chi connectivity index (χ4v) is 2.01. The van der Waals surface area contributed by atoms with Gasteiger partial charge in [0.2, 0.25) is 0 Å². The van der Waals surface area contributed by atoms with E-state index in [1.807, 2.05) is 0 Å². The summed E-state index contributed by atoms with van der Waals surface area (Å²) in [4.78, 5) is 11.3. The lowest BCUT2D eigenvalue weighted by molar-refractivity contribution is 0.0694. The van der Waals surface area contributed by atoms with E-state index in [4.69, 9.17) is 25.8 Å². The number of carboxylic acid groups (broad SMARTS) is 1. The topological polar surface area (TPSA) is 65.0 Å². The van der Waals surface area contributed by atoms with Gasteiger partial charge in [0.15, 0.2) is 0 Å². The molecule has 0 aromatic heterocycles. The summed E-state index contributed by atoms with van der Waals surface area (Å²) < 4.78 is 15.9. The van der Waals surface area contributed by atoms with Gasteiger partial charge in [0, 0.05) is 18.2 Å². The van der Waals surface area contributed by atoms with Gasteiger partial charge < -0.3 is 19.3 Å². The Kier molecular flexibility index (Phi) is 4.55. The minimum atomic E-state index is -1.16. The third kappa shape index (κ3) is 3.38. The van der Waals surface area contributed by atoms with Crippen LogP contribution in [0.5, 0.6) is 23.0 Å².